The van der Waals surface area contributed by atoms with Crippen LogP contribution in [0.1, 0.15) is 42.7 Å². The van der Waals surface area contributed by atoms with Crippen molar-refractivity contribution in [1.29, 1.82) is 0 Å². The zero-order valence-electron chi connectivity index (χ0n) is 14.0. The van der Waals surface area contributed by atoms with Crippen LogP contribution >= 0.6 is 24.8 Å². The third-order valence-corrected chi connectivity index (χ3v) is 4.61. The molecular formula is C18H26Cl2N2O. The summed E-state index contributed by atoms with van der Waals surface area (Å²) in [6.45, 7) is 8.35. The Hall–Kier alpha value is -0.870. The molecule has 128 valence electrons. The van der Waals surface area contributed by atoms with Crippen molar-refractivity contribution in [1.82, 2.24) is 9.88 Å². The normalized spacial score (nSPS) is 19.2. The van der Waals surface area contributed by atoms with E-state index in [1.54, 1.807) is 0 Å². The van der Waals surface area contributed by atoms with Crippen LogP contribution in [-0.4, -0.2) is 34.1 Å². The van der Waals surface area contributed by atoms with Gasteiger partial charge in [0.1, 0.15) is 0 Å². The zero-order valence-corrected chi connectivity index (χ0v) is 15.6. The maximum absolute atomic E-state index is 11.0. The van der Waals surface area contributed by atoms with E-state index in [0.717, 1.165) is 41.7 Å². The number of likely N-dealkylation sites (N-methyl/N-ethyl adjacent to an activating group) is 1. The number of benzene rings is 1. The summed E-state index contributed by atoms with van der Waals surface area (Å²) in [5, 5.41) is 12.1. The molecular weight excluding hydrogens is 331 g/mol. The second kappa shape index (κ2) is 8.29. The van der Waals surface area contributed by atoms with E-state index >= 15 is 0 Å². The van der Waals surface area contributed by atoms with Crippen molar-refractivity contribution >= 4 is 35.7 Å². The number of hydrogen-bond acceptors (Lipinski definition) is 3. The van der Waals surface area contributed by atoms with Gasteiger partial charge < -0.3 is 5.11 Å². The standard InChI is InChI=1S/C18H24N2O.2ClH/c1-4-20-9-5-6-16(20)18(21)15-11-12(2)10-14-8-7-13(3)19-17(14)15;;/h7-8,10-11,16,18,21H,4-6,9H2,1-3H3;2*1H. The largest absolute Gasteiger partial charge is 0.387 e. The second-order valence-electron chi connectivity index (χ2n) is 6.16. The fraction of sp³-hybridized carbons (Fsp3) is 0.500. The summed E-state index contributed by atoms with van der Waals surface area (Å²) in [6, 6.07) is 8.61. The molecule has 1 aliphatic rings. The summed E-state index contributed by atoms with van der Waals surface area (Å²) in [5.74, 6) is 0. The number of fused-ring (bicyclic) bond motifs is 1. The first-order valence-corrected chi connectivity index (χ1v) is 7.90. The molecule has 2 aromatic rings. The highest BCUT2D eigenvalue weighted by molar-refractivity contribution is 5.85. The van der Waals surface area contributed by atoms with Crippen molar-refractivity contribution in [2.24, 2.45) is 0 Å². The van der Waals surface area contributed by atoms with E-state index in [2.05, 4.69) is 41.9 Å². The van der Waals surface area contributed by atoms with E-state index in [1.807, 2.05) is 13.0 Å². The summed E-state index contributed by atoms with van der Waals surface area (Å²) in [6.07, 6.45) is 1.78. The smallest absolute Gasteiger partial charge is 0.0966 e. The molecule has 1 N–H and O–H groups in total. The molecule has 0 amide bonds. The van der Waals surface area contributed by atoms with Crippen LogP contribution in [0.25, 0.3) is 10.9 Å². The number of nitrogens with zero attached hydrogens (tertiary/aromatic N) is 2. The Morgan fingerprint density at radius 1 is 1.26 bits per heavy atom. The van der Waals surface area contributed by atoms with Gasteiger partial charge in [0.15, 0.2) is 0 Å². The van der Waals surface area contributed by atoms with Crippen LogP contribution in [0.15, 0.2) is 24.3 Å². The van der Waals surface area contributed by atoms with Crippen molar-refractivity contribution in [2.75, 3.05) is 13.1 Å². The predicted molar refractivity (Wildman–Crippen MR) is 101 cm³/mol. The molecule has 0 aliphatic carbocycles. The SMILES string of the molecule is CCN1CCCC1C(O)c1cc(C)cc2ccc(C)nc12.Cl.Cl. The number of pyridine rings is 1. The number of aromatic nitrogens is 1. The number of hydrogen-bond donors (Lipinski definition) is 1. The maximum Gasteiger partial charge on any atom is 0.0966 e. The second-order valence-corrected chi connectivity index (χ2v) is 6.16. The van der Waals surface area contributed by atoms with Crippen molar-refractivity contribution in [2.45, 2.75) is 45.8 Å². The number of halogens is 2. The molecule has 0 spiro atoms. The summed E-state index contributed by atoms with van der Waals surface area (Å²) in [7, 11) is 0. The highest BCUT2D eigenvalue weighted by Crippen LogP contribution is 2.33. The van der Waals surface area contributed by atoms with Crippen LogP contribution < -0.4 is 0 Å². The van der Waals surface area contributed by atoms with Gasteiger partial charge in [-0.15, -0.1) is 24.8 Å². The van der Waals surface area contributed by atoms with Gasteiger partial charge in [0.05, 0.1) is 11.6 Å². The van der Waals surface area contributed by atoms with Crippen LogP contribution in [0.5, 0.6) is 0 Å². The summed E-state index contributed by atoms with van der Waals surface area (Å²) in [5.41, 5.74) is 4.12. The molecule has 0 bridgehead atoms. The first-order valence-electron chi connectivity index (χ1n) is 7.90. The van der Waals surface area contributed by atoms with Gasteiger partial charge in [0, 0.05) is 22.7 Å². The Balaban J connectivity index is 0.00000132. The van der Waals surface area contributed by atoms with Gasteiger partial charge in [-0.1, -0.05) is 24.6 Å². The molecule has 3 rings (SSSR count). The number of aryl methyl sites for hydroxylation is 2. The Morgan fingerprint density at radius 3 is 2.70 bits per heavy atom. The fourth-order valence-corrected chi connectivity index (χ4v) is 3.55. The Kier molecular flexibility index (Phi) is 7.28. The lowest BCUT2D eigenvalue weighted by Gasteiger charge is -2.28. The van der Waals surface area contributed by atoms with Crippen molar-refractivity contribution in [3.05, 3.63) is 41.1 Å². The average molecular weight is 357 g/mol. The lowest BCUT2D eigenvalue weighted by Crippen LogP contribution is -2.34. The fourth-order valence-electron chi connectivity index (χ4n) is 3.55. The van der Waals surface area contributed by atoms with Gasteiger partial charge in [0.2, 0.25) is 0 Å². The van der Waals surface area contributed by atoms with Crippen molar-refractivity contribution < 1.29 is 5.11 Å². The average Bonchev–Trinajstić information content (AvgIpc) is 2.94. The van der Waals surface area contributed by atoms with E-state index in [1.165, 1.54) is 12.0 Å². The van der Waals surface area contributed by atoms with Crippen LogP contribution in [0, 0.1) is 13.8 Å². The van der Waals surface area contributed by atoms with Gasteiger partial charge in [-0.25, -0.2) is 0 Å². The van der Waals surface area contributed by atoms with Crippen molar-refractivity contribution in [3.63, 3.8) is 0 Å². The minimum Gasteiger partial charge on any atom is -0.387 e. The molecule has 1 aromatic carbocycles. The van der Waals surface area contributed by atoms with Gasteiger partial charge in [0.25, 0.3) is 0 Å². The summed E-state index contributed by atoms with van der Waals surface area (Å²) < 4.78 is 0. The zero-order chi connectivity index (χ0) is 15.0. The van der Waals surface area contributed by atoms with E-state index in [4.69, 9.17) is 0 Å². The van der Waals surface area contributed by atoms with Crippen LogP contribution in [-0.2, 0) is 0 Å². The third-order valence-electron chi connectivity index (χ3n) is 4.61. The lowest BCUT2D eigenvalue weighted by molar-refractivity contribution is 0.0763. The minimum absolute atomic E-state index is 0. The molecule has 3 nitrogen and oxygen atoms in total. The summed E-state index contributed by atoms with van der Waals surface area (Å²) >= 11 is 0. The van der Waals surface area contributed by atoms with E-state index < -0.39 is 6.10 Å². The molecule has 2 heterocycles. The quantitative estimate of drug-likeness (QED) is 0.894. The van der Waals surface area contributed by atoms with E-state index in [0.29, 0.717) is 0 Å². The molecule has 0 saturated carbocycles. The maximum atomic E-state index is 11.0. The van der Waals surface area contributed by atoms with Gasteiger partial charge in [-0.05, 0) is 51.9 Å². The van der Waals surface area contributed by atoms with E-state index in [9.17, 15) is 5.11 Å². The molecule has 2 unspecified atom stereocenters. The van der Waals surface area contributed by atoms with Gasteiger partial charge in [-0.2, -0.15) is 0 Å². The molecule has 5 heteroatoms. The number of aliphatic hydroxyl groups excluding tert-OH is 1. The molecule has 1 aromatic heterocycles. The number of likely N-dealkylation sites (tertiary alicyclic amines) is 1. The van der Waals surface area contributed by atoms with Crippen LogP contribution in [0.2, 0.25) is 0 Å². The highest BCUT2D eigenvalue weighted by Gasteiger charge is 2.31. The molecule has 2 atom stereocenters. The number of aliphatic hydroxyl groups is 1. The van der Waals surface area contributed by atoms with Crippen LogP contribution in [0.3, 0.4) is 0 Å². The predicted octanol–water partition coefficient (Wildman–Crippen LogP) is 4.21. The monoisotopic (exact) mass is 356 g/mol. The first-order chi connectivity index (χ1) is 10.1. The minimum atomic E-state index is -0.454. The van der Waals surface area contributed by atoms with E-state index in [-0.39, 0.29) is 30.9 Å². The molecule has 1 fully saturated rings. The Morgan fingerprint density at radius 2 is 2.00 bits per heavy atom. The Labute approximate surface area is 150 Å². The van der Waals surface area contributed by atoms with Crippen molar-refractivity contribution in [3.8, 4) is 0 Å². The molecule has 1 saturated heterocycles. The molecule has 23 heavy (non-hydrogen) atoms. The van der Waals surface area contributed by atoms with Crippen LogP contribution in [0.4, 0.5) is 0 Å². The van der Waals surface area contributed by atoms with Gasteiger partial charge in [-0.3, -0.25) is 9.88 Å². The molecule has 1 aliphatic heterocycles. The lowest BCUT2D eigenvalue weighted by atomic mass is 9.95. The Bertz CT molecular complexity index is 663. The van der Waals surface area contributed by atoms with Gasteiger partial charge >= 0.3 is 0 Å². The topological polar surface area (TPSA) is 36.4 Å². The third kappa shape index (κ3) is 3.97. The highest BCUT2D eigenvalue weighted by atomic mass is 35.5. The number of rotatable bonds is 3. The first kappa shape index (κ1) is 20.2. The molecule has 0 radical (unpaired) electrons. The summed E-state index contributed by atoms with van der Waals surface area (Å²) in [4.78, 5) is 7.07.